The quantitative estimate of drug-likeness (QED) is 0.840. The Kier molecular flexibility index (Phi) is 3.37. The largest absolute Gasteiger partial charge is 0.497 e. The number of aromatic amines is 1. The summed E-state index contributed by atoms with van der Waals surface area (Å²) in [4.78, 5) is 16.4. The van der Waals surface area contributed by atoms with Gasteiger partial charge in [0.15, 0.2) is 6.29 Å². The highest BCUT2D eigenvalue weighted by Crippen LogP contribution is 2.26. The smallest absolute Gasteiger partial charge is 0.152 e. The molecule has 0 aliphatic rings. The number of aromatic nitrogens is 1. The van der Waals surface area contributed by atoms with Gasteiger partial charge in [-0.15, -0.1) is 0 Å². The Hall–Kier alpha value is -2.23. The summed E-state index contributed by atoms with van der Waals surface area (Å²) in [5.41, 5.74) is 2.39. The molecule has 0 radical (unpaired) electrons. The Bertz CT molecular complexity index is 597. The van der Waals surface area contributed by atoms with E-state index in [9.17, 15) is 4.79 Å². The number of hydrogen-bond acceptors (Lipinski definition) is 3. The van der Waals surface area contributed by atoms with Gasteiger partial charge in [0.2, 0.25) is 0 Å². The molecule has 1 heterocycles. The van der Waals surface area contributed by atoms with E-state index in [4.69, 9.17) is 4.74 Å². The molecule has 0 saturated carbocycles. The van der Waals surface area contributed by atoms with E-state index in [0.29, 0.717) is 5.56 Å². The first-order valence-electron chi connectivity index (χ1n) is 5.65. The molecular weight excluding hydrogens is 228 g/mol. The maximum atomic E-state index is 11.2. The van der Waals surface area contributed by atoms with E-state index >= 15 is 0 Å². The number of carbonyl (C=O) groups is 1. The highest BCUT2D eigenvalue weighted by Gasteiger charge is 2.09. The fraction of sp³-hybridized carbons (Fsp3) is 0.214. The van der Waals surface area contributed by atoms with Gasteiger partial charge in [0.25, 0.3) is 0 Å². The van der Waals surface area contributed by atoms with Crippen LogP contribution in [-0.2, 0) is 0 Å². The summed E-state index contributed by atoms with van der Waals surface area (Å²) in [5.74, 6) is 0.743. The SMILES string of the molecule is COc1ccc2[nH]c(/C=C/N(C)C)c(C=O)c2c1. The summed E-state index contributed by atoms with van der Waals surface area (Å²) in [6, 6.07) is 5.64. The molecular formula is C14H16N2O2. The second-order valence-electron chi connectivity index (χ2n) is 4.26. The lowest BCUT2D eigenvalue weighted by atomic mass is 10.1. The van der Waals surface area contributed by atoms with Crippen LogP contribution in [0.3, 0.4) is 0 Å². The fourth-order valence-electron chi connectivity index (χ4n) is 1.82. The normalized spacial score (nSPS) is 11.1. The molecule has 0 saturated heterocycles. The number of benzene rings is 1. The van der Waals surface area contributed by atoms with Crippen molar-refractivity contribution < 1.29 is 9.53 Å². The Morgan fingerprint density at radius 1 is 1.33 bits per heavy atom. The van der Waals surface area contributed by atoms with Crippen LogP contribution in [0.2, 0.25) is 0 Å². The monoisotopic (exact) mass is 244 g/mol. The topological polar surface area (TPSA) is 45.3 Å². The zero-order valence-corrected chi connectivity index (χ0v) is 10.7. The van der Waals surface area contributed by atoms with Crippen LogP contribution < -0.4 is 4.74 Å². The minimum Gasteiger partial charge on any atom is -0.497 e. The fourth-order valence-corrected chi connectivity index (χ4v) is 1.82. The Morgan fingerprint density at radius 3 is 2.72 bits per heavy atom. The number of rotatable bonds is 4. The van der Waals surface area contributed by atoms with Crippen LogP contribution in [0.5, 0.6) is 5.75 Å². The van der Waals surface area contributed by atoms with Gasteiger partial charge in [0.05, 0.1) is 12.8 Å². The molecule has 0 aliphatic carbocycles. The predicted octanol–water partition coefficient (Wildman–Crippen LogP) is 2.52. The second kappa shape index (κ2) is 4.96. The van der Waals surface area contributed by atoms with Crippen molar-refractivity contribution in [3.8, 4) is 5.75 Å². The number of hydrogen-bond donors (Lipinski definition) is 1. The van der Waals surface area contributed by atoms with E-state index < -0.39 is 0 Å². The Labute approximate surface area is 106 Å². The summed E-state index contributed by atoms with van der Waals surface area (Å²) in [6.07, 6.45) is 4.65. The third-order valence-electron chi connectivity index (χ3n) is 2.73. The van der Waals surface area contributed by atoms with E-state index in [1.54, 1.807) is 7.11 Å². The first-order chi connectivity index (χ1) is 8.65. The molecule has 2 rings (SSSR count). The lowest BCUT2D eigenvalue weighted by molar-refractivity contribution is 0.112. The third kappa shape index (κ3) is 2.22. The third-order valence-corrected chi connectivity index (χ3v) is 2.73. The van der Waals surface area contributed by atoms with Crippen LogP contribution >= 0.6 is 0 Å². The van der Waals surface area contributed by atoms with E-state index in [-0.39, 0.29) is 0 Å². The molecule has 0 bridgehead atoms. The van der Waals surface area contributed by atoms with Gasteiger partial charge < -0.3 is 14.6 Å². The molecule has 4 heteroatoms. The van der Waals surface area contributed by atoms with Crippen LogP contribution in [-0.4, -0.2) is 37.4 Å². The highest BCUT2D eigenvalue weighted by molar-refractivity contribution is 6.01. The van der Waals surface area contributed by atoms with Gasteiger partial charge in [-0.25, -0.2) is 0 Å². The lowest BCUT2D eigenvalue weighted by Crippen LogP contribution is -1.99. The number of aldehydes is 1. The van der Waals surface area contributed by atoms with Crippen molar-refractivity contribution in [2.24, 2.45) is 0 Å². The van der Waals surface area contributed by atoms with E-state index in [2.05, 4.69) is 4.98 Å². The molecule has 0 spiro atoms. The number of carbonyl (C=O) groups excluding carboxylic acids is 1. The highest BCUT2D eigenvalue weighted by atomic mass is 16.5. The molecule has 0 fully saturated rings. The van der Waals surface area contributed by atoms with Gasteiger partial charge in [-0.1, -0.05) is 0 Å². The lowest BCUT2D eigenvalue weighted by Gasteiger charge is -2.02. The van der Waals surface area contributed by atoms with Crippen molar-refractivity contribution in [1.29, 1.82) is 0 Å². The van der Waals surface area contributed by atoms with Crippen molar-refractivity contribution in [1.82, 2.24) is 9.88 Å². The van der Waals surface area contributed by atoms with Crippen molar-refractivity contribution in [2.75, 3.05) is 21.2 Å². The molecule has 94 valence electrons. The van der Waals surface area contributed by atoms with Gasteiger partial charge >= 0.3 is 0 Å². The standard InChI is InChI=1S/C14H16N2O2/c1-16(2)7-6-14-12(9-17)11-8-10(18-3)4-5-13(11)15-14/h4-9,15H,1-3H3/b7-6+. The van der Waals surface area contributed by atoms with Crippen molar-refractivity contribution in [2.45, 2.75) is 0 Å². The number of nitrogens with one attached hydrogen (secondary N) is 1. The molecule has 0 unspecified atom stereocenters. The molecule has 1 aromatic heterocycles. The molecule has 0 atom stereocenters. The minimum atomic E-state index is 0.655. The molecule has 18 heavy (non-hydrogen) atoms. The molecule has 2 aromatic rings. The van der Waals surface area contributed by atoms with Crippen LogP contribution in [0, 0.1) is 0 Å². The van der Waals surface area contributed by atoms with Gasteiger partial charge in [0, 0.05) is 36.8 Å². The van der Waals surface area contributed by atoms with Gasteiger partial charge in [-0.3, -0.25) is 4.79 Å². The van der Waals surface area contributed by atoms with Crippen LogP contribution in [0.25, 0.3) is 17.0 Å². The zero-order valence-electron chi connectivity index (χ0n) is 10.7. The number of ether oxygens (including phenoxy) is 1. The summed E-state index contributed by atoms with van der Waals surface area (Å²) in [5, 5.41) is 0.878. The van der Waals surface area contributed by atoms with E-state index in [1.807, 2.05) is 49.5 Å². The molecule has 1 N–H and O–H groups in total. The van der Waals surface area contributed by atoms with Crippen molar-refractivity contribution in [3.63, 3.8) is 0 Å². The maximum Gasteiger partial charge on any atom is 0.152 e. The first kappa shape index (κ1) is 12.2. The second-order valence-corrected chi connectivity index (χ2v) is 4.26. The molecule has 0 amide bonds. The van der Waals surface area contributed by atoms with Gasteiger partial charge in [-0.2, -0.15) is 0 Å². The zero-order chi connectivity index (χ0) is 13.1. The Morgan fingerprint density at radius 2 is 2.11 bits per heavy atom. The minimum absolute atomic E-state index is 0.655. The first-order valence-corrected chi connectivity index (χ1v) is 5.65. The Balaban J connectivity index is 2.58. The number of nitrogens with zero attached hydrogens (tertiary/aromatic N) is 1. The summed E-state index contributed by atoms with van der Waals surface area (Å²) in [6.45, 7) is 0. The van der Waals surface area contributed by atoms with Gasteiger partial charge in [0.1, 0.15) is 5.75 Å². The number of methoxy groups -OCH3 is 1. The predicted molar refractivity (Wildman–Crippen MR) is 73.0 cm³/mol. The average molecular weight is 244 g/mol. The van der Waals surface area contributed by atoms with Crippen molar-refractivity contribution >= 4 is 23.3 Å². The molecule has 0 aliphatic heterocycles. The number of H-pyrrole nitrogens is 1. The van der Waals surface area contributed by atoms with Crippen molar-refractivity contribution in [3.05, 3.63) is 35.7 Å². The summed E-state index contributed by atoms with van der Waals surface area (Å²) >= 11 is 0. The van der Waals surface area contributed by atoms with Crippen LogP contribution in [0.1, 0.15) is 16.1 Å². The molecule has 1 aromatic carbocycles. The summed E-state index contributed by atoms with van der Waals surface area (Å²) < 4.78 is 5.17. The molecule has 4 nitrogen and oxygen atoms in total. The van der Waals surface area contributed by atoms with Gasteiger partial charge in [-0.05, 0) is 24.3 Å². The van der Waals surface area contributed by atoms with Crippen LogP contribution in [0.4, 0.5) is 0 Å². The van der Waals surface area contributed by atoms with Crippen LogP contribution in [0.15, 0.2) is 24.4 Å². The average Bonchev–Trinajstić information content (AvgIpc) is 2.72. The summed E-state index contributed by atoms with van der Waals surface area (Å²) in [7, 11) is 5.48. The number of fused-ring (bicyclic) bond motifs is 1. The maximum absolute atomic E-state index is 11.2. The van der Waals surface area contributed by atoms with E-state index in [0.717, 1.165) is 28.6 Å². The van der Waals surface area contributed by atoms with E-state index in [1.165, 1.54) is 0 Å².